The van der Waals surface area contributed by atoms with Crippen molar-refractivity contribution in [3.05, 3.63) is 17.0 Å². The molecular weight excluding hydrogens is 162 g/mol. The van der Waals surface area contributed by atoms with Gasteiger partial charge in [0.15, 0.2) is 0 Å². The highest BCUT2D eigenvalue weighted by atomic mass is 35.5. The Hall–Kier alpha value is -0.830. The molecule has 0 saturated heterocycles. The Kier molecular flexibility index (Phi) is 1.46. The lowest BCUT2D eigenvalue weighted by Gasteiger charge is -1.98. The summed E-state index contributed by atoms with van der Waals surface area (Å²) in [5.41, 5.74) is 6.48. The van der Waals surface area contributed by atoms with Crippen LogP contribution in [0.4, 0.5) is 5.82 Å². The molecule has 3 nitrogen and oxygen atoms in total. The molecule has 1 fully saturated rings. The van der Waals surface area contributed by atoms with Gasteiger partial charge in [-0.2, -0.15) is 0 Å². The molecule has 2 rings (SSSR count). The quantitative estimate of drug-likeness (QED) is 0.650. The van der Waals surface area contributed by atoms with Gasteiger partial charge in [0.25, 0.3) is 0 Å². The second-order valence-electron chi connectivity index (χ2n) is 2.76. The van der Waals surface area contributed by atoms with Gasteiger partial charge in [0, 0.05) is 12.0 Å². The highest BCUT2D eigenvalue weighted by Crippen LogP contribution is 2.39. The monoisotopic (exact) mass is 169 g/mol. The lowest BCUT2D eigenvalue weighted by Crippen LogP contribution is -1.96. The summed E-state index contributed by atoms with van der Waals surface area (Å²) in [6.45, 7) is 0. The first-order chi connectivity index (χ1) is 5.25. The number of nitrogen functional groups attached to an aromatic ring is 1. The number of nitrogens with two attached hydrogens (primary N) is 1. The average Bonchev–Trinajstić information content (AvgIpc) is 2.64. The van der Waals surface area contributed by atoms with Crippen LogP contribution in [0.1, 0.15) is 24.5 Å². The molecule has 4 heteroatoms. The Morgan fingerprint density at radius 2 is 2.18 bits per heavy atom. The first-order valence-electron chi connectivity index (χ1n) is 3.55. The van der Waals surface area contributed by atoms with Crippen molar-refractivity contribution in [1.82, 2.24) is 9.97 Å². The molecule has 1 aliphatic rings. The van der Waals surface area contributed by atoms with E-state index in [0.717, 1.165) is 5.69 Å². The Morgan fingerprint density at radius 1 is 1.45 bits per heavy atom. The zero-order valence-electron chi connectivity index (χ0n) is 5.92. The van der Waals surface area contributed by atoms with Crippen molar-refractivity contribution in [2.45, 2.75) is 18.8 Å². The Bertz CT molecular complexity index is 263. The van der Waals surface area contributed by atoms with Gasteiger partial charge in [-0.1, -0.05) is 0 Å². The molecule has 0 amide bonds. The number of hydrogen-bond donors (Lipinski definition) is 1. The minimum Gasteiger partial charge on any atom is -0.384 e. The molecule has 0 aliphatic heterocycles. The molecule has 1 saturated carbocycles. The van der Waals surface area contributed by atoms with Crippen LogP contribution in [0.3, 0.4) is 0 Å². The van der Waals surface area contributed by atoms with Gasteiger partial charge < -0.3 is 5.73 Å². The number of anilines is 1. The first kappa shape index (κ1) is 6.85. The summed E-state index contributed by atoms with van der Waals surface area (Å²) >= 11 is 5.62. The molecule has 0 bridgehead atoms. The van der Waals surface area contributed by atoms with E-state index in [4.69, 9.17) is 17.3 Å². The molecule has 1 aromatic heterocycles. The molecule has 58 valence electrons. The zero-order valence-corrected chi connectivity index (χ0v) is 6.67. The fraction of sp³-hybridized carbons (Fsp3) is 0.429. The van der Waals surface area contributed by atoms with Gasteiger partial charge in [-0.05, 0) is 24.4 Å². The van der Waals surface area contributed by atoms with E-state index in [-0.39, 0.29) is 5.28 Å². The smallest absolute Gasteiger partial charge is 0.224 e. The summed E-state index contributed by atoms with van der Waals surface area (Å²) in [4.78, 5) is 7.85. The highest BCUT2D eigenvalue weighted by Gasteiger charge is 2.25. The van der Waals surface area contributed by atoms with Crippen molar-refractivity contribution >= 4 is 17.4 Å². The molecule has 0 spiro atoms. The standard InChI is InChI=1S/C7H8ClN3/c8-7-10-5(4-1-2-4)3-6(9)11-7/h3-4H,1-2H2,(H2,9,10,11). The topological polar surface area (TPSA) is 51.8 Å². The maximum atomic E-state index is 5.62. The fourth-order valence-corrected chi connectivity index (χ4v) is 1.24. The molecule has 0 aromatic carbocycles. The van der Waals surface area contributed by atoms with Crippen LogP contribution in [0.15, 0.2) is 6.07 Å². The number of rotatable bonds is 1. The van der Waals surface area contributed by atoms with Crippen molar-refractivity contribution in [1.29, 1.82) is 0 Å². The van der Waals surface area contributed by atoms with E-state index in [1.54, 1.807) is 6.07 Å². The van der Waals surface area contributed by atoms with Crippen LogP contribution >= 0.6 is 11.6 Å². The minimum absolute atomic E-state index is 0.256. The number of hydrogen-bond acceptors (Lipinski definition) is 3. The molecule has 0 unspecified atom stereocenters. The van der Waals surface area contributed by atoms with Gasteiger partial charge in [-0.15, -0.1) is 0 Å². The van der Waals surface area contributed by atoms with Crippen LogP contribution in [0.25, 0.3) is 0 Å². The van der Waals surface area contributed by atoms with Crippen LogP contribution in [0, 0.1) is 0 Å². The van der Waals surface area contributed by atoms with Crippen LogP contribution in [0.5, 0.6) is 0 Å². The molecule has 1 aromatic rings. The SMILES string of the molecule is Nc1cc(C2CC2)nc(Cl)n1. The second kappa shape index (κ2) is 2.34. The molecule has 2 N–H and O–H groups in total. The van der Waals surface area contributed by atoms with Gasteiger partial charge in [-0.25, -0.2) is 9.97 Å². The van der Waals surface area contributed by atoms with Crippen LogP contribution < -0.4 is 5.73 Å². The maximum absolute atomic E-state index is 5.62. The van der Waals surface area contributed by atoms with Crippen molar-refractivity contribution in [3.8, 4) is 0 Å². The Morgan fingerprint density at radius 3 is 2.73 bits per heavy atom. The van der Waals surface area contributed by atoms with E-state index < -0.39 is 0 Å². The van der Waals surface area contributed by atoms with Gasteiger partial charge in [-0.3, -0.25) is 0 Å². The molecule has 11 heavy (non-hydrogen) atoms. The van der Waals surface area contributed by atoms with Gasteiger partial charge >= 0.3 is 0 Å². The summed E-state index contributed by atoms with van der Waals surface area (Å²) in [7, 11) is 0. The zero-order chi connectivity index (χ0) is 7.84. The number of halogens is 1. The normalized spacial score (nSPS) is 16.8. The van der Waals surface area contributed by atoms with E-state index in [9.17, 15) is 0 Å². The van der Waals surface area contributed by atoms with Crippen LogP contribution in [-0.2, 0) is 0 Å². The van der Waals surface area contributed by atoms with Crippen molar-refractivity contribution in [3.63, 3.8) is 0 Å². The Labute approximate surface area is 69.6 Å². The summed E-state index contributed by atoms with van der Waals surface area (Å²) in [5, 5.41) is 0.256. The second-order valence-corrected chi connectivity index (χ2v) is 3.10. The van der Waals surface area contributed by atoms with Gasteiger partial charge in [0.1, 0.15) is 5.82 Å². The number of aromatic nitrogens is 2. The van der Waals surface area contributed by atoms with Gasteiger partial charge in [0.2, 0.25) is 5.28 Å². The predicted octanol–water partition coefficient (Wildman–Crippen LogP) is 1.59. The molecular formula is C7H8ClN3. The van der Waals surface area contributed by atoms with E-state index in [2.05, 4.69) is 9.97 Å². The summed E-state index contributed by atoms with van der Waals surface area (Å²) < 4.78 is 0. The molecule has 1 aliphatic carbocycles. The summed E-state index contributed by atoms with van der Waals surface area (Å²) in [6, 6.07) is 1.80. The minimum atomic E-state index is 0.256. The van der Waals surface area contributed by atoms with Crippen LogP contribution in [0.2, 0.25) is 5.28 Å². The van der Waals surface area contributed by atoms with E-state index >= 15 is 0 Å². The van der Waals surface area contributed by atoms with Crippen LogP contribution in [-0.4, -0.2) is 9.97 Å². The third-order valence-electron chi connectivity index (χ3n) is 1.73. The largest absolute Gasteiger partial charge is 0.384 e. The lowest BCUT2D eigenvalue weighted by atomic mass is 10.3. The fourth-order valence-electron chi connectivity index (χ4n) is 1.04. The maximum Gasteiger partial charge on any atom is 0.224 e. The van der Waals surface area contributed by atoms with Crippen molar-refractivity contribution < 1.29 is 0 Å². The lowest BCUT2D eigenvalue weighted by molar-refractivity contribution is 0.992. The summed E-state index contributed by atoms with van der Waals surface area (Å²) in [5.74, 6) is 1.05. The molecule has 0 atom stereocenters. The van der Waals surface area contributed by atoms with Crippen molar-refractivity contribution in [2.75, 3.05) is 5.73 Å². The number of nitrogens with zero attached hydrogens (tertiary/aromatic N) is 2. The molecule has 0 radical (unpaired) electrons. The Balaban J connectivity index is 2.39. The molecule has 1 heterocycles. The first-order valence-corrected chi connectivity index (χ1v) is 3.93. The average molecular weight is 170 g/mol. The van der Waals surface area contributed by atoms with E-state index in [0.29, 0.717) is 11.7 Å². The summed E-state index contributed by atoms with van der Waals surface area (Å²) in [6.07, 6.45) is 2.40. The van der Waals surface area contributed by atoms with Crippen molar-refractivity contribution in [2.24, 2.45) is 0 Å². The van der Waals surface area contributed by atoms with E-state index in [1.807, 2.05) is 0 Å². The third kappa shape index (κ3) is 1.43. The highest BCUT2D eigenvalue weighted by molar-refractivity contribution is 6.28. The van der Waals surface area contributed by atoms with E-state index in [1.165, 1.54) is 12.8 Å². The van der Waals surface area contributed by atoms with Gasteiger partial charge in [0.05, 0.1) is 5.69 Å². The third-order valence-corrected chi connectivity index (χ3v) is 1.90. The predicted molar refractivity (Wildman–Crippen MR) is 43.4 cm³/mol.